The molecular weight excluding hydrogens is 232 g/mol. The smallest absolute Gasteiger partial charge is 0.129 e. The summed E-state index contributed by atoms with van der Waals surface area (Å²) in [6.07, 6.45) is 1.13. The third kappa shape index (κ3) is 3.14. The highest BCUT2D eigenvalue weighted by atomic mass is 19.1. The van der Waals surface area contributed by atoms with Crippen molar-refractivity contribution in [2.75, 3.05) is 0 Å². The molecular formula is C15H15F2N. The van der Waals surface area contributed by atoms with Crippen LogP contribution in [0, 0.1) is 11.6 Å². The second kappa shape index (κ2) is 5.74. The van der Waals surface area contributed by atoms with E-state index in [1.807, 2.05) is 30.3 Å². The van der Waals surface area contributed by atoms with E-state index in [1.54, 1.807) is 0 Å². The number of nitrogens with two attached hydrogens (primary N) is 1. The quantitative estimate of drug-likeness (QED) is 0.877. The summed E-state index contributed by atoms with van der Waals surface area (Å²) in [5, 5.41) is 0. The average molecular weight is 247 g/mol. The van der Waals surface area contributed by atoms with E-state index in [0.29, 0.717) is 18.4 Å². The third-order valence-electron chi connectivity index (χ3n) is 2.97. The third-order valence-corrected chi connectivity index (χ3v) is 2.97. The van der Waals surface area contributed by atoms with Crippen LogP contribution in [0.3, 0.4) is 0 Å². The maximum Gasteiger partial charge on any atom is 0.129 e. The van der Waals surface area contributed by atoms with Gasteiger partial charge in [0.15, 0.2) is 0 Å². The molecule has 94 valence electrons. The van der Waals surface area contributed by atoms with E-state index >= 15 is 0 Å². The van der Waals surface area contributed by atoms with Crippen molar-refractivity contribution in [3.05, 3.63) is 71.3 Å². The Morgan fingerprint density at radius 3 is 2.39 bits per heavy atom. The van der Waals surface area contributed by atoms with Crippen molar-refractivity contribution in [3.63, 3.8) is 0 Å². The summed E-state index contributed by atoms with van der Waals surface area (Å²) in [5.41, 5.74) is 7.56. The molecule has 0 heterocycles. The standard InChI is InChI=1S/C15H15F2N/c16-13-8-6-11(14(17)10-13)7-9-15(18)12-4-2-1-3-5-12/h1-6,8,10,15H,7,9,18H2. The molecule has 0 saturated carbocycles. The number of rotatable bonds is 4. The summed E-state index contributed by atoms with van der Waals surface area (Å²) < 4.78 is 26.2. The van der Waals surface area contributed by atoms with E-state index in [-0.39, 0.29) is 6.04 Å². The molecule has 0 fully saturated rings. The molecule has 1 atom stereocenters. The van der Waals surface area contributed by atoms with Gasteiger partial charge in [-0.3, -0.25) is 0 Å². The van der Waals surface area contributed by atoms with Gasteiger partial charge in [0.25, 0.3) is 0 Å². The Morgan fingerprint density at radius 2 is 1.72 bits per heavy atom. The van der Waals surface area contributed by atoms with Crippen molar-refractivity contribution < 1.29 is 8.78 Å². The molecule has 0 amide bonds. The SMILES string of the molecule is NC(CCc1ccc(F)cc1F)c1ccccc1. The minimum atomic E-state index is -0.552. The van der Waals surface area contributed by atoms with Gasteiger partial charge >= 0.3 is 0 Å². The Morgan fingerprint density at radius 1 is 1.00 bits per heavy atom. The van der Waals surface area contributed by atoms with Gasteiger partial charge in [-0.05, 0) is 30.0 Å². The fraction of sp³-hybridized carbons (Fsp3) is 0.200. The van der Waals surface area contributed by atoms with Crippen molar-refractivity contribution in [3.8, 4) is 0 Å². The van der Waals surface area contributed by atoms with Crippen molar-refractivity contribution >= 4 is 0 Å². The first kappa shape index (κ1) is 12.7. The first-order valence-electron chi connectivity index (χ1n) is 5.91. The van der Waals surface area contributed by atoms with E-state index in [9.17, 15) is 8.78 Å². The van der Waals surface area contributed by atoms with Crippen LogP contribution in [0.25, 0.3) is 0 Å². The summed E-state index contributed by atoms with van der Waals surface area (Å²) >= 11 is 0. The lowest BCUT2D eigenvalue weighted by Gasteiger charge is -2.12. The Hall–Kier alpha value is -1.74. The van der Waals surface area contributed by atoms with Gasteiger partial charge in [-0.1, -0.05) is 36.4 Å². The topological polar surface area (TPSA) is 26.0 Å². The molecule has 2 aromatic rings. The minimum absolute atomic E-state index is 0.129. The van der Waals surface area contributed by atoms with Crippen LogP contribution in [0.1, 0.15) is 23.6 Å². The molecule has 0 radical (unpaired) electrons. The maximum atomic E-state index is 13.4. The van der Waals surface area contributed by atoms with Crippen LogP contribution < -0.4 is 5.73 Å². The van der Waals surface area contributed by atoms with E-state index in [4.69, 9.17) is 5.73 Å². The van der Waals surface area contributed by atoms with Gasteiger partial charge in [-0.25, -0.2) is 8.78 Å². The zero-order valence-electron chi connectivity index (χ0n) is 9.94. The molecule has 3 heteroatoms. The van der Waals surface area contributed by atoms with Gasteiger partial charge in [-0.2, -0.15) is 0 Å². The first-order chi connectivity index (χ1) is 8.66. The highest BCUT2D eigenvalue weighted by molar-refractivity contribution is 5.21. The van der Waals surface area contributed by atoms with Gasteiger partial charge in [0.05, 0.1) is 0 Å². The molecule has 2 aromatic carbocycles. The lowest BCUT2D eigenvalue weighted by atomic mass is 9.99. The number of hydrogen-bond acceptors (Lipinski definition) is 1. The Bertz CT molecular complexity index is 511. The first-order valence-corrected chi connectivity index (χ1v) is 5.91. The number of benzene rings is 2. The van der Waals surface area contributed by atoms with Crippen LogP contribution >= 0.6 is 0 Å². The van der Waals surface area contributed by atoms with E-state index in [0.717, 1.165) is 11.6 Å². The lowest BCUT2D eigenvalue weighted by Crippen LogP contribution is -2.11. The van der Waals surface area contributed by atoms with Crippen molar-refractivity contribution in [1.29, 1.82) is 0 Å². The monoisotopic (exact) mass is 247 g/mol. The normalized spacial score (nSPS) is 12.4. The van der Waals surface area contributed by atoms with Crippen LogP contribution in [0.4, 0.5) is 8.78 Å². The summed E-state index contributed by atoms with van der Waals surface area (Å²) in [6.45, 7) is 0. The summed E-state index contributed by atoms with van der Waals surface area (Å²) in [7, 11) is 0. The van der Waals surface area contributed by atoms with Crippen molar-refractivity contribution in [1.82, 2.24) is 0 Å². The largest absolute Gasteiger partial charge is 0.324 e. The molecule has 0 aliphatic rings. The fourth-order valence-electron chi connectivity index (χ4n) is 1.90. The van der Waals surface area contributed by atoms with Crippen LogP contribution in [0.2, 0.25) is 0 Å². The van der Waals surface area contributed by atoms with E-state index < -0.39 is 11.6 Å². The summed E-state index contributed by atoms with van der Waals surface area (Å²) in [5.74, 6) is -1.06. The van der Waals surface area contributed by atoms with Crippen molar-refractivity contribution in [2.45, 2.75) is 18.9 Å². The second-order valence-corrected chi connectivity index (χ2v) is 4.29. The maximum absolute atomic E-state index is 13.4. The Kier molecular flexibility index (Phi) is 4.05. The molecule has 0 spiro atoms. The summed E-state index contributed by atoms with van der Waals surface area (Å²) in [6, 6.07) is 13.2. The van der Waals surface area contributed by atoms with Crippen LogP contribution in [0.15, 0.2) is 48.5 Å². The molecule has 0 bridgehead atoms. The van der Waals surface area contributed by atoms with E-state index in [1.165, 1.54) is 12.1 Å². The van der Waals surface area contributed by atoms with Crippen LogP contribution in [-0.2, 0) is 6.42 Å². The summed E-state index contributed by atoms with van der Waals surface area (Å²) in [4.78, 5) is 0. The predicted molar refractivity (Wildman–Crippen MR) is 68.0 cm³/mol. The van der Waals surface area contributed by atoms with Crippen LogP contribution in [0.5, 0.6) is 0 Å². The van der Waals surface area contributed by atoms with Gasteiger partial charge in [0.2, 0.25) is 0 Å². The average Bonchev–Trinajstić information content (AvgIpc) is 2.38. The Labute approximate surface area is 105 Å². The van der Waals surface area contributed by atoms with Gasteiger partial charge in [0, 0.05) is 12.1 Å². The van der Waals surface area contributed by atoms with Crippen LogP contribution in [-0.4, -0.2) is 0 Å². The molecule has 18 heavy (non-hydrogen) atoms. The lowest BCUT2D eigenvalue weighted by molar-refractivity contribution is 0.561. The molecule has 0 saturated heterocycles. The van der Waals surface area contributed by atoms with Gasteiger partial charge in [0.1, 0.15) is 11.6 Å². The molecule has 1 nitrogen and oxygen atoms in total. The highest BCUT2D eigenvalue weighted by Gasteiger charge is 2.08. The second-order valence-electron chi connectivity index (χ2n) is 4.29. The zero-order chi connectivity index (χ0) is 13.0. The molecule has 1 unspecified atom stereocenters. The molecule has 2 N–H and O–H groups in total. The molecule has 0 aliphatic carbocycles. The van der Waals surface area contributed by atoms with Crippen molar-refractivity contribution in [2.24, 2.45) is 5.73 Å². The van der Waals surface area contributed by atoms with Gasteiger partial charge in [-0.15, -0.1) is 0 Å². The minimum Gasteiger partial charge on any atom is -0.324 e. The number of aryl methyl sites for hydroxylation is 1. The fourth-order valence-corrected chi connectivity index (χ4v) is 1.90. The number of hydrogen-bond donors (Lipinski definition) is 1. The van der Waals surface area contributed by atoms with E-state index in [2.05, 4.69) is 0 Å². The molecule has 0 aromatic heterocycles. The molecule has 0 aliphatic heterocycles. The molecule has 2 rings (SSSR count). The zero-order valence-corrected chi connectivity index (χ0v) is 9.94. The predicted octanol–water partition coefficient (Wildman–Crippen LogP) is 3.60. The highest BCUT2D eigenvalue weighted by Crippen LogP contribution is 2.18. The number of halogens is 2. The van der Waals surface area contributed by atoms with Gasteiger partial charge < -0.3 is 5.73 Å². The Balaban J connectivity index is 1.99.